The van der Waals surface area contributed by atoms with E-state index in [1.54, 1.807) is 18.3 Å². The van der Waals surface area contributed by atoms with E-state index in [9.17, 15) is 10.1 Å². The second-order valence-corrected chi connectivity index (χ2v) is 5.09. The summed E-state index contributed by atoms with van der Waals surface area (Å²) in [4.78, 5) is 14.5. The van der Waals surface area contributed by atoms with Crippen LogP contribution >= 0.6 is 31.9 Å². The molecule has 19 heavy (non-hydrogen) atoms. The largest absolute Gasteiger partial charge is 0.432 e. The van der Waals surface area contributed by atoms with Crippen molar-refractivity contribution in [3.8, 4) is 11.6 Å². The van der Waals surface area contributed by atoms with Gasteiger partial charge in [-0.05, 0) is 17.7 Å². The number of nitro groups is 1. The Bertz CT molecular complexity index is 602. The molecule has 0 fully saturated rings. The lowest BCUT2D eigenvalue weighted by Crippen LogP contribution is -1.95. The summed E-state index contributed by atoms with van der Waals surface area (Å²) >= 11 is 6.50. The lowest BCUT2D eigenvalue weighted by molar-refractivity contribution is -0.385. The van der Waals surface area contributed by atoms with Gasteiger partial charge in [0.25, 0.3) is 0 Å². The Balaban J connectivity index is 2.29. The van der Waals surface area contributed by atoms with Gasteiger partial charge < -0.3 is 4.74 Å². The van der Waals surface area contributed by atoms with Crippen molar-refractivity contribution in [3.05, 3.63) is 56.7 Å². The van der Waals surface area contributed by atoms with Gasteiger partial charge in [0.1, 0.15) is 0 Å². The summed E-state index contributed by atoms with van der Waals surface area (Å²) in [5.41, 5.74) is 0.887. The number of pyridine rings is 1. The number of hydrogen-bond donors (Lipinski definition) is 0. The Morgan fingerprint density at radius 2 is 2.11 bits per heavy atom. The standard InChI is InChI=1S/C12H8Br2N2O3/c13-6-8-1-4-12(15-7-8)19-11-3-2-9(14)5-10(11)16(17)18/h1-5,7H,6H2. The molecule has 0 spiro atoms. The van der Waals surface area contributed by atoms with Crippen LogP contribution in [0.2, 0.25) is 0 Å². The van der Waals surface area contributed by atoms with Crippen LogP contribution in [-0.4, -0.2) is 9.91 Å². The van der Waals surface area contributed by atoms with Gasteiger partial charge in [-0.3, -0.25) is 10.1 Å². The molecular weight excluding hydrogens is 380 g/mol. The maximum atomic E-state index is 10.9. The molecule has 0 radical (unpaired) electrons. The van der Waals surface area contributed by atoms with Crippen molar-refractivity contribution < 1.29 is 9.66 Å². The number of nitrogens with zero attached hydrogens (tertiary/aromatic N) is 2. The quantitative estimate of drug-likeness (QED) is 0.442. The highest BCUT2D eigenvalue weighted by molar-refractivity contribution is 9.10. The normalized spacial score (nSPS) is 10.2. The number of aromatic nitrogens is 1. The SMILES string of the molecule is O=[N+]([O-])c1cc(Br)ccc1Oc1ccc(CBr)cn1. The first-order valence-corrected chi connectivity index (χ1v) is 7.14. The third kappa shape index (κ3) is 3.51. The highest BCUT2D eigenvalue weighted by atomic mass is 79.9. The average molecular weight is 388 g/mol. The van der Waals surface area contributed by atoms with E-state index in [2.05, 4.69) is 36.8 Å². The van der Waals surface area contributed by atoms with Gasteiger partial charge in [0.2, 0.25) is 11.6 Å². The molecule has 2 aromatic rings. The first-order valence-electron chi connectivity index (χ1n) is 5.23. The minimum atomic E-state index is -0.493. The number of hydrogen-bond acceptors (Lipinski definition) is 4. The molecule has 1 heterocycles. The zero-order valence-corrected chi connectivity index (χ0v) is 12.7. The van der Waals surface area contributed by atoms with Gasteiger partial charge >= 0.3 is 5.69 Å². The molecule has 0 amide bonds. The number of rotatable bonds is 4. The Labute approximate surface area is 126 Å². The molecule has 0 saturated heterocycles. The molecule has 5 nitrogen and oxygen atoms in total. The molecule has 0 atom stereocenters. The molecule has 1 aromatic heterocycles. The third-order valence-corrected chi connectivity index (χ3v) is 3.42. The van der Waals surface area contributed by atoms with Crippen LogP contribution in [0.25, 0.3) is 0 Å². The van der Waals surface area contributed by atoms with Crippen LogP contribution in [0.1, 0.15) is 5.56 Å². The van der Waals surface area contributed by atoms with E-state index < -0.39 is 4.92 Å². The van der Waals surface area contributed by atoms with Gasteiger partial charge in [-0.1, -0.05) is 37.9 Å². The van der Waals surface area contributed by atoms with E-state index >= 15 is 0 Å². The maximum Gasteiger partial charge on any atom is 0.312 e. The summed E-state index contributed by atoms with van der Waals surface area (Å²) in [6.45, 7) is 0. The molecule has 0 aliphatic rings. The first kappa shape index (κ1) is 14.0. The maximum absolute atomic E-state index is 10.9. The smallest absolute Gasteiger partial charge is 0.312 e. The van der Waals surface area contributed by atoms with Gasteiger partial charge in [0.05, 0.1) is 4.92 Å². The Kier molecular flexibility index (Phi) is 4.49. The van der Waals surface area contributed by atoms with E-state index in [4.69, 9.17) is 4.74 Å². The van der Waals surface area contributed by atoms with Gasteiger partial charge in [-0.25, -0.2) is 4.98 Å². The number of nitro benzene ring substituents is 1. The zero-order chi connectivity index (χ0) is 13.8. The van der Waals surface area contributed by atoms with E-state index in [-0.39, 0.29) is 11.4 Å². The number of benzene rings is 1. The van der Waals surface area contributed by atoms with Crippen molar-refractivity contribution in [1.82, 2.24) is 4.98 Å². The van der Waals surface area contributed by atoms with Crippen molar-refractivity contribution >= 4 is 37.5 Å². The van der Waals surface area contributed by atoms with Crippen molar-refractivity contribution in [2.45, 2.75) is 5.33 Å². The second kappa shape index (κ2) is 6.12. The lowest BCUT2D eigenvalue weighted by atomic mass is 10.3. The number of ether oxygens (including phenoxy) is 1. The molecule has 0 aliphatic carbocycles. The highest BCUT2D eigenvalue weighted by Crippen LogP contribution is 2.32. The van der Waals surface area contributed by atoms with Crippen molar-refractivity contribution in [3.63, 3.8) is 0 Å². The molecule has 2 rings (SSSR count). The van der Waals surface area contributed by atoms with Crippen molar-refractivity contribution in [2.24, 2.45) is 0 Å². The van der Waals surface area contributed by atoms with E-state index in [0.717, 1.165) is 5.56 Å². The number of alkyl halides is 1. The topological polar surface area (TPSA) is 65.3 Å². The lowest BCUT2D eigenvalue weighted by Gasteiger charge is -2.06. The van der Waals surface area contributed by atoms with Crippen LogP contribution in [0.3, 0.4) is 0 Å². The van der Waals surface area contributed by atoms with Crippen LogP contribution in [0.5, 0.6) is 11.6 Å². The molecule has 0 aliphatic heterocycles. The molecule has 7 heteroatoms. The summed E-state index contributed by atoms with van der Waals surface area (Å²) in [5, 5.41) is 11.6. The van der Waals surface area contributed by atoms with Crippen LogP contribution in [0.15, 0.2) is 41.0 Å². The minimum absolute atomic E-state index is 0.110. The van der Waals surface area contributed by atoms with Gasteiger partial charge in [0.15, 0.2) is 0 Å². The molecule has 0 N–H and O–H groups in total. The van der Waals surface area contributed by atoms with Crippen LogP contribution in [-0.2, 0) is 5.33 Å². The van der Waals surface area contributed by atoms with Crippen LogP contribution in [0, 0.1) is 10.1 Å². The summed E-state index contributed by atoms with van der Waals surface area (Å²) in [6.07, 6.45) is 1.65. The Morgan fingerprint density at radius 1 is 1.32 bits per heavy atom. The molecule has 0 bridgehead atoms. The summed E-state index contributed by atoms with van der Waals surface area (Å²) in [7, 11) is 0. The molecule has 98 valence electrons. The summed E-state index contributed by atoms with van der Waals surface area (Å²) in [5.74, 6) is 0.474. The second-order valence-electron chi connectivity index (χ2n) is 3.61. The van der Waals surface area contributed by atoms with E-state index in [1.165, 1.54) is 12.1 Å². The average Bonchev–Trinajstić information content (AvgIpc) is 2.41. The molecule has 1 aromatic carbocycles. The van der Waals surface area contributed by atoms with Crippen molar-refractivity contribution in [1.29, 1.82) is 0 Å². The summed E-state index contributed by atoms with van der Waals surface area (Å²) in [6, 6.07) is 8.10. The van der Waals surface area contributed by atoms with Gasteiger partial charge in [-0.2, -0.15) is 0 Å². The Morgan fingerprint density at radius 3 is 2.68 bits per heavy atom. The zero-order valence-electron chi connectivity index (χ0n) is 9.55. The Hall–Kier alpha value is -1.47. The predicted molar refractivity (Wildman–Crippen MR) is 77.7 cm³/mol. The summed E-state index contributed by atoms with van der Waals surface area (Å²) < 4.78 is 6.06. The first-order chi connectivity index (χ1) is 9.10. The van der Waals surface area contributed by atoms with E-state index in [0.29, 0.717) is 15.7 Å². The predicted octanol–water partition coefficient (Wildman–Crippen LogP) is 4.44. The fourth-order valence-corrected chi connectivity index (χ4v) is 2.06. The van der Waals surface area contributed by atoms with Crippen LogP contribution in [0.4, 0.5) is 5.69 Å². The van der Waals surface area contributed by atoms with Crippen molar-refractivity contribution in [2.75, 3.05) is 0 Å². The number of halogens is 2. The minimum Gasteiger partial charge on any atom is -0.432 e. The fourth-order valence-electron chi connectivity index (χ4n) is 1.38. The van der Waals surface area contributed by atoms with Crippen LogP contribution < -0.4 is 4.74 Å². The van der Waals surface area contributed by atoms with Gasteiger partial charge in [0, 0.05) is 28.1 Å². The molecule has 0 saturated carbocycles. The monoisotopic (exact) mass is 386 g/mol. The highest BCUT2D eigenvalue weighted by Gasteiger charge is 2.16. The fraction of sp³-hybridized carbons (Fsp3) is 0.0833. The molecule has 0 unspecified atom stereocenters. The van der Waals surface area contributed by atoms with Gasteiger partial charge in [-0.15, -0.1) is 0 Å². The van der Waals surface area contributed by atoms with E-state index in [1.807, 2.05) is 6.07 Å². The molecular formula is C12H8Br2N2O3. The third-order valence-electron chi connectivity index (χ3n) is 2.28.